The summed E-state index contributed by atoms with van der Waals surface area (Å²) in [7, 11) is 2.22. The first-order valence-corrected chi connectivity index (χ1v) is 16.1. The predicted octanol–water partition coefficient (Wildman–Crippen LogP) is 6.38. The summed E-state index contributed by atoms with van der Waals surface area (Å²) in [6.07, 6.45) is 18.9. The fourth-order valence-corrected chi connectivity index (χ4v) is 9.66. The number of carboxylic acid groups (broad SMARTS) is 3. The second-order valence-corrected chi connectivity index (χ2v) is 14.2. The Hall–Kier alpha value is -3.00. The second kappa shape index (κ2) is 12.5. The summed E-state index contributed by atoms with van der Waals surface area (Å²) >= 11 is 0. The van der Waals surface area contributed by atoms with Gasteiger partial charge in [0.2, 0.25) is 0 Å². The maximum Gasteiger partial charge on any atom is 0.306 e. The number of carboxylic acids is 3. The lowest BCUT2D eigenvalue weighted by Crippen LogP contribution is -2.52. The first-order valence-electron chi connectivity index (χ1n) is 16.1. The number of aliphatic carboxylic acids is 3. The van der Waals surface area contributed by atoms with E-state index in [1.54, 1.807) is 11.1 Å². The molecule has 1 aromatic heterocycles. The Morgan fingerprint density at radius 3 is 2.33 bits per heavy atom. The number of rotatable bonds is 6. The Balaban J connectivity index is 0.000000407. The Kier molecular flexibility index (Phi) is 9.17. The van der Waals surface area contributed by atoms with Crippen LogP contribution in [0.5, 0.6) is 0 Å². The van der Waals surface area contributed by atoms with Crippen molar-refractivity contribution in [2.75, 3.05) is 13.6 Å². The van der Waals surface area contributed by atoms with Gasteiger partial charge in [-0.2, -0.15) is 0 Å². The molecule has 43 heavy (non-hydrogen) atoms. The van der Waals surface area contributed by atoms with Crippen LogP contribution in [0.25, 0.3) is 5.57 Å². The van der Waals surface area contributed by atoms with Gasteiger partial charge in [-0.05, 0) is 123 Å². The molecule has 2 saturated carbocycles. The first-order chi connectivity index (χ1) is 20.4. The lowest BCUT2D eigenvalue weighted by molar-refractivity contribution is -0.144. The molecule has 1 aromatic rings. The van der Waals surface area contributed by atoms with Crippen LogP contribution in [-0.4, -0.2) is 62.7 Å². The molecule has 0 aromatic carbocycles. The van der Waals surface area contributed by atoms with Gasteiger partial charge in [0, 0.05) is 18.4 Å². The number of hydrogen-bond acceptors (Lipinski definition) is 5. The quantitative estimate of drug-likeness (QED) is 0.325. The topological polar surface area (TPSA) is 128 Å². The molecular weight excluding hydrogens is 544 g/mol. The molecule has 3 N–H and O–H groups in total. The Morgan fingerprint density at radius 2 is 1.67 bits per heavy atom. The molecule has 0 spiro atoms. The number of aromatic nitrogens is 1. The van der Waals surface area contributed by atoms with Gasteiger partial charge in [-0.1, -0.05) is 37.6 Å². The van der Waals surface area contributed by atoms with E-state index in [2.05, 4.69) is 61.3 Å². The van der Waals surface area contributed by atoms with Crippen LogP contribution in [0.1, 0.15) is 90.0 Å². The van der Waals surface area contributed by atoms with Crippen LogP contribution in [-0.2, 0) is 14.4 Å². The number of pyridine rings is 1. The normalized spacial score (nSPS) is 36.9. The van der Waals surface area contributed by atoms with Gasteiger partial charge < -0.3 is 20.2 Å². The van der Waals surface area contributed by atoms with E-state index in [1.165, 1.54) is 50.5 Å². The van der Waals surface area contributed by atoms with Crippen LogP contribution in [0.2, 0.25) is 0 Å². The van der Waals surface area contributed by atoms with Crippen LogP contribution in [0, 0.1) is 40.4 Å². The molecule has 3 fully saturated rings. The first kappa shape index (κ1) is 31.4. The van der Waals surface area contributed by atoms with Crippen molar-refractivity contribution in [3.63, 3.8) is 0 Å². The molecule has 0 radical (unpaired) electrons. The van der Waals surface area contributed by atoms with Gasteiger partial charge in [-0.15, -0.1) is 0 Å². The van der Waals surface area contributed by atoms with Crippen LogP contribution < -0.4 is 0 Å². The summed E-state index contributed by atoms with van der Waals surface area (Å²) < 4.78 is 0. The summed E-state index contributed by atoms with van der Waals surface area (Å²) in [6, 6.07) is 4.75. The minimum absolute atomic E-state index is 0.158. The average Bonchev–Trinajstić information content (AvgIpc) is 3.34. The number of carbonyl (C=O) groups is 3. The highest BCUT2D eigenvalue weighted by Crippen LogP contribution is 2.66. The molecule has 0 bridgehead atoms. The van der Waals surface area contributed by atoms with Crippen molar-refractivity contribution in [3.8, 4) is 0 Å². The smallest absolute Gasteiger partial charge is 0.306 e. The zero-order chi connectivity index (χ0) is 30.9. The third-order valence-corrected chi connectivity index (χ3v) is 12.1. The van der Waals surface area contributed by atoms with E-state index in [-0.39, 0.29) is 24.2 Å². The van der Waals surface area contributed by atoms with Gasteiger partial charge in [0.15, 0.2) is 0 Å². The van der Waals surface area contributed by atoms with Crippen LogP contribution in [0.4, 0.5) is 0 Å². The van der Waals surface area contributed by atoms with Crippen molar-refractivity contribution in [2.45, 2.75) is 90.5 Å². The van der Waals surface area contributed by atoms with E-state index < -0.39 is 17.9 Å². The minimum atomic E-state index is -1.08. The highest BCUT2D eigenvalue weighted by Gasteiger charge is 2.57. The van der Waals surface area contributed by atoms with E-state index >= 15 is 0 Å². The van der Waals surface area contributed by atoms with Crippen molar-refractivity contribution in [2.24, 2.45) is 40.4 Å². The number of nitrogens with zero attached hydrogens (tertiary/aromatic N) is 2. The van der Waals surface area contributed by atoms with Gasteiger partial charge in [-0.3, -0.25) is 19.4 Å². The van der Waals surface area contributed by atoms with E-state index in [0.717, 1.165) is 37.1 Å². The fourth-order valence-electron chi connectivity index (χ4n) is 9.66. The van der Waals surface area contributed by atoms with Crippen molar-refractivity contribution in [1.82, 2.24) is 9.88 Å². The Morgan fingerprint density at radius 1 is 0.953 bits per heavy atom. The maximum absolute atomic E-state index is 11.7. The standard InChI is InChI=1S/C31H42N2O2.C4H6O4/c1-30-13-10-20(28-18-21(29(34)35)12-16-33(28)3)17-23(30)6-7-24-26-9-8-25(22-5-4-15-32-19-22)31(26,2)14-11-27(24)30;5-3(6)1-2-4(7)8/h4-6,8,15,19-21,24,26-28H,7,9-14,16-18H2,1-3H3,(H,34,35);1-2H2,(H,5,6)(H,7,8)/t20-,21?,24-,26-,27-,28?,30-,31+;/m0./s1. The van der Waals surface area contributed by atoms with E-state index in [0.29, 0.717) is 17.4 Å². The third-order valence-electron chi connectivity index (χ3n) is 12.1. The Bertz CT molecular complexity index is 1260. The van der Waals surface area contributed by atoms with Gasteiger partial charge in [0.05, 0.1) is 18.8 Å². The number of hydrogen-bond donors (Lipinski definition) is 3. The summed E-state index contributed by atoms with van der Waals surface area (Å²) in [5.74, 6) is 0.0116. The van der Waals surface area contributed by atoms with Crippen LogP contribution in [0.3, 0.4) is 0 Å². The van der Waals surface area contributed by atoms with Gasteiger partial charge in [0.25, 0.3) is 0 Å². The molecule has 2 unspecified atom stereocenters. The maximum atomic E-state index is 11.7. The molecule has 1 aliphatic heterocycles. The lowest BCUT2D eigenvalue weighted by atomic mass is 9.46. The second-order valence-electron chi connectivity index (χ2n) is 14.2. The number of allylic oxidation sites excluding steroid dienone is 4. The number of piperidine rings is 1. The molecule has 8 heteroatoms. The zero-order valence-electron chi connectivity index (χ0n) is 25.9. The largest absolute Gasteiger partial charge is 0.481 e. The fraction of sp³-hybridized carbons (Fsp3) is 0.657. The molecule has 8 nitrogen and oxygen atoms in total. The summed E-state index contributed by atoms with van der Waals surface area (Å²) in [5.41, 5.74) is 5.19. The predicted molar refractivity (Wildman–Crippen MR) is 164 cm³/mol. The van der Waals surface area contributed by atoms with Crippen molar-refractivity contribution in [1.29, 1.82) is 0 Å². The van der Waals surface area contributed by atoms with Gasteiger partial charge in [0.1, 0.15) is 0 Å². The molecule has 6 rings (SSSR count). The van der Waals surface area contributed by atoms with Crippen molar-refractivity contribution >= 4 is 23.5 Å². The molecule has 234 valence electrons. The molecule has 1 saturated heterocycles. The van der Waals surface area contributed by atoms with E-state index in [1.807, 2.05) is 6.20 Å². The minimum Gasteiger partial charge on any atom is -0.481 e. The lowest BCUT2D eigenvalue weighted by Gasteiger charge is -2.58. The summed E-state index contributed by atoms with van der Waals surface area (Å²) in [6.45, 7) is 6.05. The number of likely N-dealkylation sites (tertiary alicyclic amines) is 1. The van der Waals surface area contributed by atoms with Crippen LogP contribution in [0.15, 0.2) is 42.3 Å². The molecule has 0 amide bonds. The molecule has 4 aliphatic carbocycles. The monoisotopic (exact) mass is 592 g/mol. The Labute approximate surface area is 255 Å². The van der Waals surface area contributed by atoms with Crippen LogP contribution >= 0.6 is 0 Å². The molecular formula is C35H48N2O6. The van der Waals surface area contributed by atoms with E-state index in [4.69, 9.17) is 10.2 Å². The van der Waals surface area contributed by atoms with Crippen molar-refractivity contribution < 1.29 is 29.7 Å². The molecule has 5 aliphatic rings. The highest BCUT2D eigenvalue weighted by molar-refractivity contribution is 5.75. The number of fused-ring (bicyclic) bond motifs is 5. The highest BCUT2D eigenvalue weighted by atomic mass is 16.4. The summed E-state index contributed by atoms with van der Waals surface area (Å²) in [4.78, 5) is 37.9. The summed E-state index contributed by atoms with van der Waals surface area (Å²) in [5, 5.41) is 25.4. The van der Waals surface area contributed by atoms with Gasteiger partial charge >= 0.3 is 17.9 Å². The SMILES string of the molecule is CN1CCC(C(=O)O)CC1[C@H]1CC[C@@]2(C)C(=CC[C@@H]3[C@@H]2CC[C@]2(C)C(c4cccnc4)=CC[C@@H]32)C1.O=C(O)CCC(=O)O. The third kappa shape index (κ3) is 6.17. The van der Waals surface area contributed by atoms with Gasteiger partial charge in [-0.25, -0.2) is 0 Å². The van der Waals surface area contributed by atoms with E-state index in [9.17, 15) is 19.5 Å². The average molecular weight is 593 g/mol. The molecule has 2 heterocycles. The zero-order valence-corrected chi connectivity index (χ0v) is 25.9. The molecule has 8 atom stereocenters. The van der Waals surface area contributed by atoms with Crippen molar-refractivity contribution in [3.05, 3.63) is 47.8 Å².